The molecule has 2 aromatic rings. The van der Waals surface area contributed by atoms with Gasteiger partial charge in [-0.15, -0.1) is 0 Å². The molecule has 0 bridgehead atoms. The Labute approximate surface area is 138 Å². The standard InChI is InChI=1S/C18H27N3O2/c1-12(2)17-15(18(23-5)21(4)20-17)10-19-11-16(22)14-8-6-13(3)7-9-14/h6-9,12,16,19,22H,10-11H2,1-5H3/t16-/m1/s1. The molecule has 2 rings (SSSR count). The van der Waals surface area contributed by atoms with E-state index in [-0.39, 0.29) is 0 Å². The van der Waals surface area contributed by atoms with Crippen LogP contribution >= 0.6 is 0 Å². The second-order valence-electron chi connectivity index (χ2n) is 6.21. The molecule has 0 radical (unpaired) electrons. The lowest BCUT2D eigenvalue weighted by atomic mass is 10.1. The van der Waals surface area contributed by atoms with Gasteiger partial charge >= 0.3 is 0 Å². The highest BCUT2D eigenvalue weighted by Crippen LogP contribution is 2.27. The lowest BCUT2D eigenvalue weighted by Crippen LogP contribution is -2.22. The van der Waals surface area contributed by atoms with Gasteiger partial charge in [0.2, 0.25) is 5.88 Å². The first-order chi connectivity index (χ1) is 10.9. The summed E-state index contributed by atoms with van der Waals surface area (Å²) in [5, 5.41) is 18.1. The summed E-state index contributed by atoms with van der Waals surface area (Å²) in [5.74, 6) is 1.09. The zero-order valence-electron chi connectivity index (χ0n) is 14.6. The minimum atomic E-state index is -0.527. The molecule has 1 aromatic heterocycles. The number of hydrogen-bond donors (Lipinski definition) is 2. The van der Waals surface area contributed by atoms with E-state index in [2.05, 4.69) is 24.3 Å². The van der Waals surface area contributed by atoms with Gasteiger partial charge in [0.25, 0.3) is 0 Å². The maximum atomic E-state index is 10.3. The quantitative estimate of drug-likeness (QED) is 0.824. The van der Waals surface area contributed by atoms with Crippen LogP contribution in [-0.2, 0) is 13.6 Å². The van der Waals surface area contributed by atoms with Crippen LogP contribution in [0.1, 0.15) is 48.3 Å². The molecule has 0 aliphatic heterocycles. The molecule has 2 N–H and O–H groups in total. The number of nitrogens with zero attached hydrogens (tertiary/aromatic N) is 2. The summed E-state index contributed by atoms with van der Waals surface area (Å²) >= 11 is 0. The number of aliphatic hydroxyl groups excluding tert-OH is 1. The van der Waals surface area contributed by atoms with E-state index in [1.165, 1.54) is 5.56 Å². The Kier molecular flexibility index (Phi) is 5.80. The van der Waals surface area contributed by atoms with Gasteiger partial charge in [-0.25, -0.2) is 4.68 Å². The van der Waals surface area contributed by atoms with Crippen molar-refractivity contribution in [2.24, 2.45) is 7.05 Å². The topological polar surface area (TPSA) is 59.3 Å². The number of aliphatic hydroxyl groups is 1. The molecule has 0 saturated heterocycles. The SMILES string of the molecule is COc1c(CNC[C@@H](O)c2ccc(C)cc2)c(C(C)C)nn1C. The summed E-state index contributed by atoms with van der Waals surface area (Å²) in [6, 6.07) is 7.96. The van der Waals surface area contributed by atoms with Crippen LogP contribution in [0.15, 0.2) is 24.3 Å². The first-order valence-electron chi connectivity index (χ1n) is 7.99. The van der Waals surface area contributed by atoms with Crippen LogP contribution in [-0.4, -0.2) is 28.5 Å². The minimum Gasteiger partial charge on any atom is -0.481 e. The van der Waals surface area contributed by atoms with Crippen molar-refractivity contribution < 1.29 is 9.84 Å². The zero-order valence-corrected chi connectivity index (χ0v) is 14.6. The average Bonchev–Trinajstić information content (AvgIpc) is 2.84. The van der Waals surface area contributed by atoms with Crippen LogP contribution in [0.4, 0.5) is 0 Å². The van der Waals surface area contributed by atoms with E-state index < -0.39 is 6.10 Å². The Hall–Kier alpha value is -1.85. The molecule has 126 valence electrons. The van der Waals surface area contributed by atoms with Gasteiger partial charge in [0, 0.05) is 20.1 Å². The van der Waals surface area contributed by atoms with Gasteiger partial charge in [0.1, 0.15) is 0 Å². The average molecular weight is 317 g/mol. The molecule has 0 saturated carbocycles. The van der Waals surface area contributed by atoms with Crippen LogP contribution in [0.5, 0.6) is 5.88 Å². The van der Waals surface area contributed by atoms with Gasteiger partial charge < -0.3 is 15.2 Å². The Bertz CT molecular complexity index is 632. The fourth-order valence-electron chi connectivity index (χ4n) is 2.70. The lowest BCUT2D eigenvalue weighted by molar-refractivity contribution is 0.174. The third-order valence-corrected chi connectivity index (χ3v) is 3.96. The number of rotatable bonds is 7. The highest BCUT2D eigenvalue weighted by molar-refractivity contribution is 5.33. The fourth-order valence-corrected chi connectivity index (χ4v) is 2.70. The smallest absolute Gasteiger partial charge is 0.216 e. The molecule has 0 aliphatic rings. The van der Waals surface area contributed by atoms with E-state index in [1.807, 2.05) is 38.2 Å². The monoisotopic (exact) mass is 317 g/mol. The molecule has 0 unspecified atom stereocenters. The summed E-state index contributed by atoms with van der Waals surface area (Å²) in [6.07, 6.45) is -0.527. The van der Waals surface area contributed by atoms with Crippen LogP contribution in [0.2, 0.25) is 0 Å². The van der Waals surface area contributed by atoms with E-state index in [0.717, 1.165) is 22.7 Å². The van der Waals surface area contributed by atoms with Crippen molar-refractivity contribution in [3.05, 3.63) is 46.6 Å². The van der Waals surface area contributed by atoms with Gasteiger partial charge in [0.15, 0.2) is 0 Å². The number of ether oxygens (including phenoxy) is 1. The van der Waals surface area contributed by atoms with Crippen LogP contribution in [0.3, 0.4) is 0 Å². The van der Waals surface area contributed by atoms with Gasteiger partial charge in [0.05, 0.1) is 24.5 Å². The van der Waals surface area contributed by atoms with Crippen molar-refractivity contribution in [2.75, 3.05) is 13.7 Å². The predicted octanol–water partition coefficient (Wildman–Crippen LogP) is 2.68. The van der Waals surface area contributed by atoms with E-state index in [1.54, 1.807) is 11.8 Å². The van der Waals surface area contributed by atoms with Crippen molar-refractivity contribution in [1.29, 1.82) is 0 Å². The number of nitrogens with one attached hydrogen (secondary N) is 1. The molecule has 5 nitrogen and oxygen atoms in total. The van der Waals surface area contributed by atoms with E-state index in [9.17, 15) is 5.11 Å². The van der Waals surface area contributed by atoms with Crippen LogP contribution in [0.25, 0.3) is 0 Å². The second kappa shape index (κ2) is 7.62. The Morgan fingerprint density at radius 2 is 1.91 bits per heavy atom. The third kappa shape index (κ3) is 4.12. The summed E-state index contributed by atoms with van der Waals surface area (Å²) in [4.78, 5) is 0. The van der Waals surface area contributed by atoms with Crippen molar-refractivity contribution in [2.45, 2.75) is 39.3 Å². The Morgan fingerprint density at radius 3 is 2.48 bits per heavy atom. The molecule has 1 heterocycles. The van der Waals surface area contributed by atoms with Crippen molar-refractivity contribution in [3.63, 3.8) is 0 Å². The molecule has 5 heteroatoms. The Balaban J connectivity index is 2.02. The summed E-state index contributed by atoms with van der Waals surface area (Å²) in [5.41, 5.74) is 4.20. The molecule has 0 fully saturated rings. The normalized spacial score (nSPS) is 12.7. The number of aromatic nitrogens is 2. The number of aryl methyl sites for hydroxylation is 2. The molecule has 0 spiro atoms. The van der Waals surface area contributed by atoms with E-state index in [0.29, 0.717) is 19.0 Å². The maximum Gasteiger partial charge on any atom is 0.216 e. The molecule has 0 aliphatic carbocycles. The van der Waals surface area contributed by atoms with E-state index >= 15 is 0 Å². The van der Waals surface area contributed by atoms with Crippen molar-refractivity contribution in [3.8, 4) is 5.88 Å². The maximum absolute atomic E-state index is 10.3. The first-order valence-corrected chi connectivity index (χ1v) is 7.99. The number of methoxy groups -OCH3 is 1. The van der Waals surface area contributed by atoms with Crippen molar-refractivity contribution in [1.82, 2.24) is 15.1 Å². The first kappa shape index (κ1) is 17.5. The largest absolute Gasteiger partial charge is 0.481 e. The molecule has 23 heavy (non-hydrogen) atoms. The number of hydrogen-bond acceptors (Lipinski definition) is 4. The minimum absolute atomic E-state index is 0.323. The zero-order chi connectivity index (χ0) is 17.0. The van der Waals surface area contributed by atoms with E-state index in [4.69, 9.17) is 4.74 Å². The van der Waals surface area contributed by atoms with Gasteiger partial charge in [-0.05, 0) is 18.4 Å². The Morgan fingerprint density at radius 1 is 1.26 bits per heavy atom. The number of benzene rings is 1. The van der Waals surface area contributed by atoms with Gasteiger partial charge in [-0.2, -0.15) is 5.10 Å². The predicted molar refractivity (Wildman–Crippen MR) is 91.7 cm³/mol. The highest BCUT2D eigenvalue weighted by Gasteiger charge is 2.19. The molecule has 1 atom stereocenters. The molecular weight excluding hydrogens is 290 g/mol. The molecular formula is C18H27N3O2. The third-order valence-electron chi connectivity index (χ3n) is 3.96. The fraction of sp³-hybridized carbons (Fsp3) is 0.500. The second-order valence-corrected chi connectivity index (χ2v) is 6.21. The van der Waals surface area contributed by atoms with Crippen LogP contribution in [0, 0.1) is 6.92 Å². The summed E-state index contributed by atoms with van der Waals surface area (Å²) in [7, 11) is 3.54. The summed E-state index contributed by atoms with van der Waals surface area (Å²) in [6.45, 7) is 7.38. The van der Waals surface area contributed by atoms with Gasteiger partial charge in [-0.1, -0.05) is 43.7 Å². The highest BCUT2D eigenvalue weighted by atomic mass is 16.5. The summed E-state index contributed by atoms with van der Waals surface area (Å²) < 4.78 is 7.23. The van der Waals surface area contributed by atoms with Crippen LogP contribution < -0.4 is 10.1 Å². The molecule has 0 amide bonds. The van der Waals surface area contributed by atoms with Crippen molar-refractivity contribution >= 4 is 0 Å². The molecule has 1 aromatic carbocycles. The lowest BCUT2D eigenvalue weighted by Gasteiger charge is -2.14. The van der Waals surface area contributed by atoms with Gasteiger partial charge in [-0.3, -0.25) is 0 Å².